The fourth-order valence-corrected chi connectivity index (χ4v) is 5.13. The molecule has 1 aromatic heterocycles. The van der Waals surface area contributed by atoms with E-state index in [4.69, 9.17) is 0 Å². The number of rotatable bonds is 6. The normalized spacial score (nSPS) is 18.9. The van der Waals surface area contributed by atoms with Crippen LogP contribution in [-0.2, 0) is 21.4 Å². The molecule has 2 fully saturated rings. The van der Waals surface area contributed by atoms with E-state index in [0.717, 1.165) is 17.9 Å². The van der Waals surface area contributed by atoms with Crippen molar-refractivity contribution >= 4 is 21.7 Å². The Morgan fingerprint density at radius 1 is 1.14 bits per heavy atom. The van der Waals surface area contributed by atoms with E-state index in [1.165, 1.54) is 17.1 Å². The van der Waals surface area contributed by atoms with Crippen molar-refractivity contribution in [1.82, 2.24) is 14.1 Å². The van der Waals surface area contributed by atoms with Crippen LogP contribution >= 0.6 is 0 Å². The highest BCUT2D eigenvalue weighted by Crippen LogP contribution is 2.32. The van der Waals surface area contributed by atoms with E-state index in [0.29, 0.717) is 36.7 Å². The molecule has 2 heterocycles. The van der Waals surface area contributed by atoms with Crippen molar-refractivity contribution in [2.45, 2.75) is 44.0 Å². The SMILES string of the molecule is Cc1cnn(CC2CC2)c1NC(=O)C1CCN(S(=O)(=O)c2ccccc2)CC1. The third kappa shape index (κ3) is 3.98. The van der Waals surface area contributed by atoms with Crippen LogP contribution in [0.25, 0.3) is 0 Å². The number of aromatic nitrogens is 2. The fourth-order valence-electron chi connectivity index (χ4n) is 3.64. The molecule has 1 saturated heterocycles. The van der Waals surface area contributed by atoms with E-state index in [2.05, 4.69) is 10.4 Å². The van der Waals surface area contributed by atoms with Gasteiger partial charge >= 0.3 is 0 Å². The molecule has 7 nitrogen and oxygen atoms in total. The lowest BCUT2D eigenvalue weighted by Crippen LogP contribution is -2.41. The fraction of sp³-hybridized carbons (Fsp3) is 0.500. The number of hydrogen-bond donors (Lipinski definition) is 1. The number of carbonyl (C=O) groups is 1. The summed E-state index contributed by atoms with van der Waals surface area (Å²) in [6.45, 7) is 3.50. The summed E-state index contributed by atoms with van der Waals surface area (Å²) in [7, 11) is -3.49. The first-order chi connectivity index (χ1) is 13.4. The maximum absolute atomic E-state index is 12.8. The van der Waals surface area contributed by atoms with Crippen LogP contribution in [-0.4, -0.2) is 41.5 Å². The Balaban J connectivity index is 1.38. The third-order valence-electron chi connectivity index (χ3n) is 5.60. The van der Waals surface area contributed by atoms with E-state index >= 15 is 0 Å². The van der Waals surface area contributed by atoms with Gasteiger partial charge in [0.25, 0.3) is 0 Å². The number of amides is 1. The van der Waals surface area contributed by atoms with Gasteiger partial charge < -0.3 is 5.32 Å². The number of nitrogens with zero attached hydrogens (tertiary/aromatic N) is 3. The van der Waals surface area contributed by atoms with Crippen LogP contribution in [0, 0.1) is 18.8 Å². The molecule has 0 unspecified atom stereocenters. The molecular weight excluding hydrogens is 376 g/mol. The largest absolute Gasteiger partial charge is 0.310 e. The maximum atomic E-state index is 12.8. The van der Waals surface area contributed by atoms with Gasteiger partial charge in [0.15, 0.2) is 0 Å². The lowest BCUT2D eigenvalue weighted by Gasteiger charge is -2.30. The summed E-state index contributed by atoms with van der Waals surface area (Å²) in [5, 5.41) is 7.43. The van der Waals surface area contributed by atoms with E-state index in [9.17, 15) is 13.2 Å². The van der Waals surface area contributed by atoms with Gasteiger partial charge in [-0.3, -0.25) is 4.79 Å². The highest BCUT2D eigenvalue weighted by molar-refractivity contribution is 7.89. The minimum Gasteiger partial charge on any atom is -0.310 e. The Bertz CT molecular complexity index is 943. The first kappa shape index (κ1) is 19.1. The molecule has 1 aliphatic heterocycles. The van der Waals surface area contributed by atoms with Crippen LogP contribution in [0.5, 0.6) is 0 Å². The number of benzene rings is 1. The van der Waals surface area contributed by atoms with Crippen molar-refractivity contribution in [3.63, 3.8) is 0 Å². The van der Waals surface area contributed by atoms with Crippen LogP contribution < -0.4 is 5.32 Å². The van der Waals surface area contributed by atoms with Gasteiger partial charge in [-0.05, 0) is 50.7 Å². The Hall–Kier alpha value is -2.19. The van der Waals surface area contributed by atoms with Crippen LogP contribution in [0.2, 0.25) is 0 Å². The molecule has 0 atom stereocenters. The van der Waals surface area contributed by atoms with Crippen molar-refractivity contribution in [3.8, 4) is 0 Å². The topological polar surface area (TPSA) is 84.3 Å². The van der Waals surface area contributed by atoms with Crippen molar-refractivity contribution in [2.24, 2.45) is 11.8 Å². The standard InChI is InChI=1S/C20H26N4O3S/c1-15-13-21-24(14-16-7-8-16)19(15)22-20(25)17-9-11-23(12-10-17)28(26,27)18-5-3-2-4-6-18/h2-6,13,16-17H,7-12,14H2,1H3,(H,22,25). The van der Waals surface area contributed by atoms with Crippen molar-refractivity contribution in [2.75, 3.05) is 18.4 Å². The summed E-state index contributed by atoms with van der Waals surface area (Å²) in [6.07, 6.45) is 5.27. The van der Waals surface area contributed by atoms with E-state index in [1.54, 1.807) is 36.5 Å². The zero-order valence-corrected chi connectivity index (χ0v) is 16.9. The average Bonchev–Trinajstić information content (AvgIpc) is 3.47. The summed E-state index contributed by atoms with van der Waals surface area (Å²) in [6, 6.07) is 8.46. The molecule has 0 radical (unpaired) electrons. The molecule has 0 spiro atoms. The molecule has 1 aliphatic carbocycles. The summed E-state index contributed by atoms with van der Waals surface area (Å²) in [5.74, 6) is 1.21. The monoisotopic (exact) mass is 402 g/mol. The summed E-state index contributed by atoms with van der Waals surface area (Å²) < 4.78 is 28.8. The molecule has 1 aromatic carbocycles. The smallest absolute Gasteiger partial charge is 0.243 e. The molecule has 1 saturated carbocycles. The number of nitrogens with one attached hydrogen (secondary N) is 1. The predicted octanol–water partition coefficient (Wildman–Crippen LogP) is 2.64. The van der Waals surface area contributed by atoms with Crippen molar-refractivity contribution < 1.29 is 13.2 Å². The Kier molecular flexibility index (Phi) is 5.25. The van der Waals surface area contributed by atoms with Gasteiger partial charge in [0.1, 0.15) is 5.82 Å². The number of piperidine rings is 1. The van der Waals surface area contributed by atoms with Crippen LogP contribution in [0.1, 0.15) is 31.2 Å². The molecule has 28 heavy (non-hydrogen) atoms. The van der Waals surface area contributed by atoms with Gasteiger partial charge in [-0.25, -0.2) is 13.1 Å². The molecule has 150 valence electrons. The summed E-state index contributed by atoms with van der Waals surface area (Å²) in [5.41, 5.74) is 0.957. The average molecular weight is 403 g/mol. The summed E-state index contributed by atoms with van der Waals surface area (Å²) in [4.78, 5) is 13.1. The second kappa shape index (κ2) is 7.67. The maximum Gasteiger partial charge on any atom is 0.243 e. The van der Waals surface area contributed by atoms with Crippen LogP contribution in [0.4, 0.5) is 5.82 Å². The first-order valence-corrected chi connectivity index (χ1v) is 11.3. The minimum absolute atomic E-state index is 0.0441. The molecule has 8 heteroatoms. The van der Waals surface area contributed by atoms with E-state index in [1.807, 2.05) is 11.6 Å². The Labute approximate surface area is 165 Å². The molecule has 1 N–H and O–H groups in total. The van der Waals surface area contributed by atoms with Crippen LogP contribution in [0.15, 0.2) is 41.4 Å². The molecule has 0 bridgehead atoms. The minimum atomic E-state index is -3.49. The van der Waals surface area contributed by atoms with Gasteiger partial charge in [0.05, 0.1) is 11.1 Å². The van der Waals surface area contributed by atoms with Gasteiger partial charge in [-0.15, -0.1) is 0 Å². The first-order valence-electron chi connectivity index (χ1n) is 9.83. The number of hydrogen-bond acceptors (Lipinski definition) is 4. The van der Waals surface area contributed by atoms with Crippen molar-refractivity contribution in [3.05, 3.63) is 42.1 Å². The highest BCUT2D eigenvalue weighted by atomic mass is 32.2. The zero-order chi connectivity index (χ0) is 19.7. The number of aryl methyl sites for hydroxylation is 1. The molecular formula is C20H26N4O3S. The Morgan fingerprint density at radius 3 is 2.46 bits per heavy atom. The second-order valence-corrected chi connectivity index (χ2v) is 9.72. The van der Waals surface area contributed by atoms with Gasteiger partial charge in [-0.1, -0.05) is 18.2 Å². The molecule has 2 aromatic rings. The quantitative estimate of drug-likeness (QED) is 0.805. The molecule has 2 aliphatic rings. The number of sulfonamides is 1. The van der Waals surface area contributed by atoms with Crippen molar-refractivity contribution in [1.29, 1.82) is 0 Å². The van der Waals surface area contributed by atoms with E-state index in [-0.39, 0.29) is 11.8 Å². The predicted molar refractivity (Wildman–Crippen MR) is 106 cm³/mol. The number of carbonyl (C=O) groups excluding carboxylic acids is 1. The zero-order valence-electron chi connectivity index (χ0n) is 16.0. The second-order valence-electron chi connectivity index (χ2n) is 7.78. The summed E-state index contributed by atoms with van der Waals surface area (Å²) >= 11 is 0. The molecule has 4 rings (SSSR count). The van der Waals surface area contributed by atoms with Crippen LogP contribution in [0.3, 0.4) is 0 Å². The van der Waals surface area contributed by atoms with Gasteiger partial charge in [0, 0.05) is 31.1 Å². The Morgan fingerprint density at radius 2 is 1.82 bits per heavy atom. The number of anilines is 1. The third-order valence-corrected chi connectivity index (χ3v) is 7.51. The van der Waals surface area contributed by atoms with E-state index < -0.39 is 10.0 Å². The lowest BCUT2D eigenvalue weighted by atomic mass is 9.97. The lowest BCUT2D eigenvalue weighted by molar-refractivity contribution is -0.121. The van der Waals surface area contributed by atoms with Gasteiger partial charge in [-0.2, -0.15) is 9.40 Å². The highest BCUT2D eigenvalue weighted by Gasteiger charge is 2.32. The van der Waals surface area contributed by atoms with Gasteiger partial charge in [0.2, 0.25) is 15.9 Å². The molecule has 1 amide bonds.